The molecule has 0 unspecified atom stereocenters. The van der Waals surface area contributed by atoms with Crippen molar-refractivity contribution in [3.05, 3.63) is 46.2 Å². The summed E-state index contributed by atoms with van der Waals surface area (Å²) in [6.07, 6.45) is 0.466. The van der Waals surface area contributed by atoms with Crippen molar-refractivity contribution in [3.63, 3.8) is 0 Å². The molecule has 0 bridgehead atoms. The molecule has 1 aliphatic heterocycles. The first-order valence-electron chi connectivity index (χ1n) is 7.05. The maximum absolute atomic E-state index is 12.4. The number of nitrogens with one attached hydrogen (secondary N) is 1. The summed E-state index contributed by atoms with van der Waals surface area (Å²) < 4.78 is 1.53. The topological polar surface area (TPSA) is 87.5 Å². The number of halogens is 1. The molecule has 2 aromatic rings. The molecule has 1 aromatic carbocycles. The van der Waals surface area contributed by atoms with Gasteiger partial charge in [0, 0.05) is 29.9 Å². The fraction of sp³-hybridized carbons (Fsp3) is 0.267. The molecular formula is C15H15ClN4O3. The number of carbonyl (C=O) groups is 2. The molecule has 8 heteroatoms. The highest BCUT2D eigenvalue weighted by molar-refractivity contribution is 6.30. The van der Waals surface area contributed by atoms with Crippen LogP contribution in [-0.4, -0.2) is 38.3 Å². The van der Waals surface area contributed by atoms with Crippen molar-refractivity contribution in [3.8, 4) is 0 Å². The molecule has 1 aromatic heterocycles. The number of nitrogens with zero attached hydrogens (tertiary/aromatic N) is 3. The Morgan fingerprint density at radius 1 is 1.39 bits per heavy atom. The van der Waals surface area contributed by atoms with Crippen LogP contribution < -0.4 is 5.32 Å². The van der Waals surface area contributed by atoms with E-state index in [2.05, 4.69) is 10.4 Å². The molecular weight excluding hydrogens is 320 g/mol. The molecule has 23 heavy (non-hydrogen) atoms. The van der Waals surface area contributed by atoms with Gasteiger partial charge in [-0.25, -0.2) is 9.59 Å². The van der Waals surface area contributed by atoms with E-state index in [1.165, 1.54) is 4.68 Å². The minimum Gasteiger partial charge on any atom is -0.476 e. The van der Waals surface area contributed by atoms with Crippen LogP contribution >= 0.6 is 11.6 Å². The van der Waals surface area contributed by atoms with Crippen LogP contribution in [0, 0.1) is 0 Å². The SMILES string of the molecule is Cn1nc(C(=O)O)c2c1CN(C(=O)Nc1cccc(Cl)c1)CC2. The average molecular weight is 335 g/mol. The number of anilines is 1. The van der Waals surface area contributed by atoms with Gasteiger partial charge in [0.1, 0.15) is 0 Å². The maximum Gasteiger partial charge on any atom is 0.356 e. The normalized spacial score (nSPS) is 13.6. The number of aromatic nitrogens is 2. The summed E-state index contributed by atoms with van der Waals surface area (Å²) >= 11 is 5.90. The number of carbonyl (C=O) groups excluding carboxylic acids is 1. The molecule has 2 amide bonds. The van der Waals surface area contributed by atoms with Crippen LogP contribution in [0.5, 0.6) is 0 Å². The molecule has 7 nitrogen and oxygen atoms in total. The van der Waals surface area contributed by atoms with Crippen LogP contribution in [0.1, 0.15) is 21.7 Å². The summed E-state index contributed by atoms with van der Waals surface area (Å²) in [5, 5.41) is 16.5. The average Bonchev–Trinajstić information content (AvgIpc) is 2.84. The molecule has 2 N–H and O–H groups in total. The van der Waals surface area contributed by atoms with Crippen LogP contribution in [0.15, 0.2) is 24.3 Å². The Labute approximate surface area is 137 Å². The summed E-state index contributed by atoms with van der Waals surface area (Å²) in [6.45, 7) is 0.754. The molecule has 120 valence electrons. The van der Waals surface area contributed by atoms with Gasteiger partial charge in [-0.15, -0.1) is 0 Å². The lowest BCUT2D eigenvalue weighted by molar-refractivity contribution is 0.0688. The number of carboxylic acid groups (broad SMARTS) is 1. The van der Waals surface area contributed by atoms with E-state index >= 15 is 0 Å². The Hall–Kier alpha value is -2.54. The predicted octanol–water partition coefficient (Wildman–Crippen LogP) is 2.36. The first-order chi connectivity index (χ1) is 11.0. The molecule has 0 saturated carbocycles. The van der Waals surface area contributed by atoms with E-state index in [0.717, 1.165) is 5.69 Å². The lowest BCUT2D eigenvalue weighted by Crippen LogP contribution is -2.39. The van der Waals surface area contributed by atoms with E-state index in [1.54, 1.807) is 36.2 Å². The Kier molecular flexibility index (Phi) is 3.96. The smallest absolute Gasteiger partial charge is 0.356 e. The number of carboxylic acids is 1. The fourth-order valence-corrected chi connectivity index (χ4v) is 2.87. The third kappa shape index (κ3) is 3.00. The second-order valence-electron chi connectivity index (χ2n) is 5.31. The van der Waals surface area contributed by atoms with Gasteiger partial charge in [0.2, 0.25) is 0 Å². The van der Waals surface area contributed by atoms with Crippen molar-refractivity contribution in [1.29, 1.82) is 0 Å². The second-order valence-corrected chi connectivity index (χ2v) is 5.75. The number of amides is 2. The van der Waals surface area contributed by atoms with Crippen molar-refractivity contribution in [2.24, 2.45) is 7.05 Å². The Balaban J connectivity index is 1.77. The zero-order chi connectivity index (χ0) is 16.6. The number of hydrogen-bond acceptors (Lipinski definition) is 3. The predicted molar refractivity (Wildman–Crippen MR) is 84.8 cm³/mol. The highest BCUT2D eigenvalue weighted by Gasteiger charge is 2.28. The monoisotopic (exact) mass is 334 g/mol. The van der Waals surface area contributed by atoms with Gasteiger partial charge in [-0.3, -0.25) is 4.68 Å². The summed E-state index contributed by atoms with van der Waals surface area (Å²) in [6, 6.07) is 6.66. The van der Waals surface area contributed by atoms with E-state index in [4.69, 9.17) is 16.7 Å². The summed E-state index contributed by atoms with van der Waals surface area (Å²) in [5.41, 5.74) is 2.13. The molecule has 0 atom stereocenters. The van der Waals surface area contributed by atoms with Crippen molar-refractivity contribution in [2.45, 2.75) is 13.0 Å². The Bertz CT molecular complexity index is 787. The number of urea groups is 1. The van der Waals surface area contributed by atoms with E-state index in [-0.39, 0.29) is 11.7 Å². The lowest BCUT2D eigenvalue weighted by Gasteiger charge is -2.27. The van der Waals surface area contributed by atoms with Crippen LogP contribution in [0.4, 0.5) is 10.5 Å². The van der Waals surface area contributed by atoms with Gasteiger partial charge >= 0.3 is 12.0 Å². The minimum absolute atomic E-state index is 0.0670. The van der Waals surface area contributed by atoms with Crippen LogP contribution in [-0.2, 0) is 20.0 Å². The molecule has 0 fully saturated rings. The number of rotatable bonds is 2. The molecule has 1 aliphatic rings. The zero-order valence-corrected chi connectivity index (χ0v) is 13.2. The molecule has 2 heterocycles. The van der Waals surface area contributed by atoms with Gasteiger partial charge in [-0.05, 0) is 24.6 Å². The first kappa shape index (κ1) is 15.4. The summed E-state index contributed by atoms with van der Waals surface area (Å²) in [7, 11) is 1.68. The van der Waals surface area contributed by atoms with Crippen LogP contribution in [0.2, 0.25) is 5.02 Å². The van der Waals surface area contributed by atoms with Gasteiger partial charge in [0.05, 0.1) is 12.2 Å². The van der Waals surface area contributed by atoms with Gasteiger partial charge in [0.25, 0.3) is 0 Å². The van der Waals surface area contributed by atoms with Crippen molar-refractivity contribution in [1.82, 2.24) is 14.7 Å². The number of fused-ring (bicyclic) bond motifs is 1. The third-order valence-corrected chi connectivity index (χ3v) is 4.05. The Morgan fingerprint density at radius 3 is 2.87 bits per heavy atom. The largest absolute Gasteiger partial charge is 0.476 e. The van der Waals surface area contributed by atoms with Crippen molar-refractivity contribution >= 4 is 29.3 Å². The van der Waals surface area contributed by atoms with E-state index < -0.39 is 5.97 Å². The van der Waals surface area contributed by atoms with Gasteiger partial charge in [-0.1, -0.05) is 17.7 Å². The van der Waals surface area contributed by atoms with E-state index in [1.807, 2.05) is 0 Å². The molecule has 0 spiro atoms. The van der Waals surface area contributed by atoms with Crippen LogP contribution in [0.3, 0.4) is 0 Å². The number of aryl methyl sites for hydroxylation is 1. The molecule has 0 aliphatic carbocycles. The number of benzene rings is 1. The van der Waals surface area contributed by atoms with Crippen molar-refractivity contribution in [2.75, 3.05) is 11.9 Å². The molecule has 0 radical (unpaired) electrons. The molecule has 3 rings (SSSR count). The third-order valence-electron chi connectivity index (χ3n) is 3.81. The first-order valence-corrected chi connectivity index (χ1v) is 7.43. The van der Waals surface area contributed by atoms with Crippen molar-refractivity contribution < 1.29 is 14.7 Å². The lowest BCUT2D eigenvalue weighted by atomic mass is 10.0. The van der Waals surface area contributed by atoms with E-state index in [9.17, 15) is 9.59 Å². The highest BCUT2D eigenvalue weighted by atomic mass is 35.5. The highest BCUT2D eigenvalue weighted by Crippen LogP contribution is 2.23. The van der Waals surface area contributed by atoms with E-state index in [0.29, 0.717) is 35.8 Å². The van der Waals surface area contributed by atoms with Gasteiger partial charge in [0.15, 0.2) is 5.69 Å². The maximum atomic E-state index is 12.4. The minimum atomic E-state index is -1.04. The van der Waals surface area contributed by atoms with Crippen LogP contribution in [0.25, 0.3) is 0 Å². The standard InChI is InChI=1S/C15H15ClN4O3/c1-19-12-8-20(6-5-11(12)13(18-19)14(21)22)15(23)17-10-4-2-3-9(16)7-10/h2-4,7H,5-6,8H2,1H3,(H,17,23)(H,21,22). The fourth-order valence-electron chi connectivity index (χ4n) is 2.68. The quantitative estimate of drug-likeness (QED) is 0.882. The molecule has 0 saturated heterocycles. The van der Waals surface area contributed by atoms with Gasteiger partial charge < -0.3 is 15.3 Å². The zero-order valence-electron chi connectivity index (χ0n) is 12.4. The second kappa shape index (κ2) is 5.92. The number of hydrogen-bond donors (Lipinski definition) is 2. The number of aromatic carboxylic acids is 1. The Morgan fingerprint density at radius 2 is 2.17 bits per heavy atom. The summed E-state index contributed by atoms with van der Waals surface area (Å²) in [4.78, 5) is 25.2. The summed E-state index contributed by atoms with van der Waals surface area (Å²) in [5.74, 6) is -1.04. The van der Waals surface area contributed by atoms with Gasteiger partial charge in [-0.2, -0.15) is 5.10 Å².